The fourth-order valence-electron chi connectivity index (χ4n) is 7.50. The van der Waals surface area contributed by atoms with Crippen LogP contribution in [0.2, 0.25) is 0 Å². The van der Waals surface area contributed by atoms with Crippen LogP contribution in [0.1, 0.15) is 11.0 Å². The quantitative estimate of drug-likeness (QED) is 0.168. The van der Waals surface area contributed by atoms with E-state index in [1.165, 1.54) is 0 Å². The van der Waals surface area contributed by atoms with Gasteiger partial charge in [0.15, 0.2) is 0 Å². The molecular weight excluding hydrogens is 617 g/mol. The second-order valence-corrected chi connectivity index (χ2v) is 12.6. The molecule has 0 amide bonds. The first-order valence-electron chi connectivity index (χ1n) is 20.9. The Hall–Kier alpha value is -6.70. The van der Waals surface area contributed by atoms with E-state index < -0.39 is 24.2 Å². The van der Waals surface area contributed by atoms with E-state index in [2.05, 4.69) is 42.5 Å². The Morgan fingerprint density at radius 3 is 1.55 bits per heavy atom. The summed E-state index contributed by atoms with van der Waals surface area (Å²) in [6, 6.07) is 44.3. The van der Waals surface area contributed by atoms with E-state index in [1.807, 2.05) is 78.9 Å². The summed E-state index contributed by atoms with van der Waals surface area (Å²) in [5, 5.41) is 2.06. The van der Waals surface area contributed by atoms with Crippen molar-refractivity contribution in [3.05, 3.63) is 194 Å². The van der Waals surface area contributed by atoms with Gasteiger partial charge in [0.25, 0.3) is 0 Å². The summed E-state index contributed by atoms with van der Waals surface area (Å²) in [5.41, 5.74) is 8.75. The third kappa shape index (κ3) is 4.78. The van der Waals surface area contributed by atoms with Crippen LogP contribution in [0, 0.1) is 0 Å². The van der Waals surface area contributed by atoms with Gasteiger partial charge in [-0.2, -0.15) is 0 Å². The lowest BCUT2D eigenvalue weighted by Crippen LogP contribution is -1.91. The molecule has 0 unspecified atom stereocenters. The normalized spacial score (nSPS) is 13.7. The van der Waals surface area contributed by atoms with Crippen molar-refractivity contribution in [3.63, 3.8) is 0 Å². The summed E-state index contributed by atoms with van der Waals surface area (Å²) < 4.78 is 79.7. The summed E-state index contributed by atoms with van der Waals surface area (Å²) in [6.07, 6.45) is 0. The summed E-state index contributed by atoms with van der Waals surface area (Å²) in [6.45, 7) is 0. The Morgan fingerprint density at radius 1 is 0.353 bits per heavy atom. The summed E-state index contributed by atoms with van der Waals surface area (Å²) in [5.74, 6) is 0. The van der Waals surface area contributed by atoms with Crippen molar-refractivity contribution in [1.29, 1.82) is 0 Å². The minimum absolute atomic E-state index is 0.160. The second kappa shape index (κ2) is 12.0. The third-order valence-electron chi connectivity index (χ3n) is 9.73. The number of para-hydroxylation sites is 1. The molecule has 0 bridgehead atoms. The molecule has 1 aromatic heterocycles. The van der Waals surface area contributed by atoms with Gasteiger partial charge < -0.3 is 4.42 Å². The van der Waals surface area contributed by atoms with Crippen molar-refractivity contribution < 1.29 is 15.4 Å². The van der Waals surface area contributed by atoms with Crippen LogP contribution >= 0.6 is 0 Å². The van der Waals surface area contributed by atoms with Crippen LogP contribution in [0.3, 0.4) is 0 Å². The predicted octanol–water partition coefficient (Wildman–Crippen LogP) is 14.2. The van der Waals surface area contributed by atoms with Crippen LogP contribution in [0.25, 0.3) is 99.1 Å². The van der Waals surface area contributed by atoms with Crippen molar-refractivity contribution in [2.75, 3.05) is 0 Å². The lowest BCUT2D eigenvalue weighted by atomic mass is 9.85. The zero-order chi connectivity index (χ0) is 40.7. The van der Waals surface area contributed by atoms with Crippen molar-refractivity contribution in [2.45, 2.75) is 0 Å². The van der Waals surface area contributed by atoms with Crippen molar-refractivity contribution in [3.8, 4) is 55.6 Å². The van der Waals surface area contributed by atoms with Crippen LogP contribution in [0.4, 0.5) is 0 Å². The van der Waals surface area contributed by atoms with Gasteiger partial charge in [-0.25, -0.2) is 0 Å². The van der Waals surface area contributed by atoms with Gasteiger partial charge in [-0.05, 0) is 83.7 Å². The van der Waals surface area contributed by atoms with E-state index in [0.717, 1.165) is 38.8 Å². The summed E-state index contributed by atoms with van der Waals surface area (Å²) in [4.78, 5) is 0. The molecule has 0 N–H and O–H groups in total. The number of furan rings is 1. The Bertz CT molecular complexity index is 3260. The first kappa shape index (κ1) is 22.1. The fraction of sp³-hybridized carbons (Fsp3) is 0. The molecular formula is C50H32O. The minimum atomic E-state index is -0.443. The Labute approximate surface area is 307 Å². The average Bonchev–Trinajstić information content (AvgIpc) is 3.68. The number of hydrogen-bond donors (Lipinski definition) is 0. The molecule has 9 aromatic carbocycles. The monoisotopic (exact) mass is 656 g/mol. The van der Waals surface area contributed by atoms with Gasteiger partial charge >= 0.3 is 0 Å². The summed E-state index contributed by atoms with van der Waals surface area (Å²) in [7, 11) is 0. The van der Waals surface area contributed by atoms with E-state index in [1.54, 1.807) is 24.3 Å². The largest absolute Gasteiger partial charge is 0.455 e. The van der Waals surface area contributed by atoms with Crippen molar-refractivity contribution in [2.24, 2.45) is 0 Å². The van der Waals surface area contributed by atoms with Gasteiger partial charge in [-0.15, -0.1) is 0 Å². The van der Waals surface area contributed by atoms with Crippen LogP contribution in [-0.2, 0) is 0 Å². The second-order valence-electron chi connectivity index (χ2n) is 12.6. The van der Waals surface area contributed by atoms with Gasteiger partial charge in [0.1, 0.15) is 11.2 Å². The van der Waals surface area contributed by atoms with Crippen LogP contribution in [0.15, 0.2) is 198 Å². The highest BCUT2D eigenvalue weighted by Gasteiger charge is 2.22. The Balaban J connectivity index is 1.37. The molecule has 0 spiro atoms. The molecule has 1 nitrogen and oxygen atoms in total. The zero-order valence-corrected chi connectivity index (χ0v) is 27.3. The molecule has 0 aliphatic carbocycles. The third-order valence-corrected chi connectivity index (χ3v) is 9.73. The minimum Gasteiger partial charge on any atom is -0.455 e. The lowest BCUT2D eigenvalue weighted by molar-refractivity contribution is 0.670. The molecule has 0 fully saturated rings. The zero-order valence-electron chi connectivity index (χ0n) is 35.3. The molecule has 0 saturated heterocycles. The maximum atomic E-state index is 9.44. The molecule has 51 heavy (non-hydrogen) atoms. The van der Waals surface area contributed by atoms with E-state index in [-0.39, 0.29) is 51.3 Å². The molecule has 0 saturated carbocycles. The number of fused-ring (bicyclic) bond motifs is 5. The first-order chi connectivity index (χ1) is 28.7. The smallest absolute Gasteiger partial charge is 0.143 e. The van der Waals surface area contributed by atoms with E-state index in [0.29, 0.717) is 33.2 Å². The molecule has 238 valence electrons. The maximum Gasteiger partial charge on any atom is 0.143 e. The molecule has 0 aliphatic heterocycles. The van der Waals surface area contributed by atoms with Crippen LogP contribution in [-0.4, -0.2) is 0 Å². The van der Waals surface area contributed by atoms with Gasteiger partial charge in [-0.1, -0.05) is 182 Å². The maximum absolute atomic E-state index is 9.44. The molecule has 0 radical (unpaired) electrons. The highest BCUT2D eigenvalue weighted by Crippen LogP contribution is 2.48. The number of hydrogen-bond acceptors (Lipinski definition) is 1. The van der Waals surface area contributed by atoms with Crippen LogP contribution < -0.4 is 0 Å². The highest BCUT2D eigenvalue weighted by atomic mass is 16.3. The molecule has 10 rings (SSSR count). The Kier molecular flexibility index (Phi) is 5.21. The predicted molar refractivity (Wildman–Crippen MR) is 216 cm³/mol. The molecule has 0 aliphatic rings. The van der Waals surface area contributed by atoms with Gasteiger partial charge in [0.05, 0.1) is 11.0 Å². The molecule has 1 heterocycles. The average molecular weight is 657 g/mol. The topological polar surface area (TPSA) is 13.1 Å². The number of benzene rings is 9. The van der Waals surface area contributed by atoms with Crippen molar-refractivity contribution >= 4 is 43.5 Å². The highest BCUT2D eigenvalue weighted by molar-refractivity contribution is 6.26. The first-order valence-corrected chi connectivity index (χ1v) is 16.9. The fourth-order valence-corrected chi connectivity index (χ4v) is 7.50. The van der Waals surface area contributed by atoms with Gasteiger partial charge in [0.2, 0.25) is 0 Å². The molecule has 10 aromatic rings. The van der Waals surface area contributed by atoms with E-state index in [9.17, 15) is 5.48 Å². The lowest BCUT2D eigenvalue weighted by Gasteiger charge is -2.18. The van der Waals surface area contributed by atoms with Crippen molar-refractivity contribution in [1.82, 2.24) is 0 Å². The Morgan fingerprint density at radius 2 is 0.902 bits per heavy atom. The number of rotatable bonds is 5. The molecule has 1 heteroatoms. The van der Waals surface area contributed by atoms with E-state index in [4.69, 9.17) is 9.90 Å². The van der Waals surface area contributed by atoms with Gasteiger partial charge in [0, 0.05) is 16.3 Å². The molecule has 0 atom stereocenters. The van der Waals surface area contributed by atoms with E-state index >= 15 is 0 Å². The standard InChI is InChI=1S/C50H32O/c1-4-16-33(17-5-1)36-30-31-37(34-18-6-2-7-19-34)45(32-36)42-26-14-28-44-49-43(27-15-29-46(49)51-50(42)44)48-40-24-12-10-22-38(40)47(35-20-8-3-9-21-35)39-23-11-13-25-41(39)48/h1-32H/i10D,11D,12D,13D,22D,23D,24D,25D. The van der Waals surface area contributed by atoms with Crippen LogP contribution in [0.5, 0.6) is 0 Å². The summed E-state index contributed by atoms with van der Waals surface area (Å²) >= 11 is 0. The van der Waals surface area contributed by atoms with Gasteiger partial charge in [-0.3, -0.25) is 0 Å². The SMILES string of the molecule is [2H]c1c([2H])c([2H])c2c(-c3cccc4oc5c(-c6cc(-c7ccccc7)ccc6-c6ccccc6)cccc5c34)c3c([2H])c([2H])c([2H])c([2H])c3c(-c3ccccc3)c2c1[2H].